The van der Waals surface area contributed by atoms with Gasteiger partial charge in [0.25, 0.3) is 0 Å². The van der Waals surface area contributed by atoms with Crippen LogP contribution in [0.2, 0.25) is 0 Å². The van der Waals surface area contributed by atoms with Crippen LogP contribution >= 0.6 is 0 Å². The first kappa shape index (κ1) is 22.6. The van der Waals surface area contributed by atoms with Crippen molar-refractivity contribution in [2.75, 3.05) is 26.4 Å². The lowest BCUT2D eigenvalue weighted by Gasteiger charge is -2.27. The molecule has 1 rings (SSSR count). The second-order valence-electron chi connectivity index (χ2n) is 6.22. The van der Waals surface area contributed by atoms with E-state index in [1.807, 2.05) is 6.92 Å². The number of hydrogen-bond acceptors (Lipinski definition) is 6. The standard InChI is InChI=1S/C20H32O6/c1-3-5-12-24-14-17(21)19(25-13-6-4-2)18(22)15-26-20(23)16-10-8-7-9-11-16/h7-11,17-19,21-22H,3-6,12-15H2,1-2H3/t17?,18-,19-/m1/s1. The Hall–Kier alpha value is -1.47. The second kappa shape index (κ2) is 13.7. The smallest absolute Gasteiger partial charge is 0.338 e. The van der Waals surface area contributed by atoms with E-state index < -0.39 is 24.3 Å². The van der Waals surface area contributed by atoms with Crippen LogP contribution in [0.1, 0.15) is 49.9 Å². The Bertz CT molecular complexity index is 478. The number of benzene rings is 1. The number of esters is 1. The molecule has 1 aromatic carbocycles. The number of carbonyl (C=O) groups excluding carboxylic acids is 1. The molecule has 0 saturated carbocycles. The molecule has 0 saturated heterocycles. The number of hydrogen-bond donors (Lipinski definition) is 2. The van der Waals surface area contributed by atoms with Gasteiger partial charge in [-0.05, 0) is 25.0 Å². The normalized spacial score (nSPS) is 14.6. The zero-order valence-corrected chi connectivity index (χ0v) is 15.8. The van der Waals surface area contributed by atoms with Gasteiger partial charge in [-0.1, -0.05) is 44.9 Å². The van der Waals surface area contributed by atoms with E-state index in [9.17, 15) is 15.0 Å². The maximum absolute atomic E-state index is 12.0. The van der Waals surface area contributed by atoms with Crippen molar-refractivity contribution in [3.8, 4) is 0 Å². The molecule has 0 fully saturated rings. The average molecular weight is 368 g/mol. The van der Waals surface area contributed by atoms with E-state index in [1.165, 1.54) is 0 Å². The quantitative estimate of drug-likeness (QED) is 0.388. The van der Waals surface area contributed by atoms with Crippen molar-refractivity contribution in [2.45, 2.75) is 57.8 Å². The first-order chi connectivity index (χ1) is 12.6. The van der Waals surface area contributed by atoms with Crippen LogP contribution in [0.3, 0.4) is 0 Å². The summed E-state index contributed by atoms with van der Waals surface area (Å²) >= 11 is 0. The Balaban J connectivity index is 2.53. The lowest BCUT2D eigenvalue weighted by atomic mass is 10.1. The van der Waals surface area contributed by atoms with Gasteiger partial charge in [-0.15, -0.1) is 0 Å². The Morgan fingerprint density at radius 1 is 0.962 bits per heavy atom. The summed E-state index contributed by atoms with van der Waals surface area (Å²) in [5.41, 5.74) is 0.409. The molecule has 0 bridgehead atoms. The highest BCUT2D eigenvalue weighted by molar-refractivity contribution is 5.89. The SMILES string of the molecule is CCCCOCC(O)[C@@H](OCCCC)[C@H](O)COC(=O)c1ccccc1. The topological polar surface area (TPSA) is 85.2 Å². The summed E-state index contributed by atoms with van der Waals surface area (Å²) in [6.07, 6.45) is 0.673. The first-order valence-electron chi connectivity index (χ1n) is 9.37. The van der Waals surface area contributed by atoms with Gasteiger partial charge in [-0.25, -0.2) is 4.79 Å². The van der Waals surface area contributed by atoms with E-state index >= 15 is 0 Å². The Kier molecular flexibility index (Phi) is 11.9. The van der Waals surface area contributed by atoms with Crippen LogP contribution in [0.5, 0.6) is 0 Å². The fourth-order valence-electron chi connectivity index (χ4n) is 2.30. The van der Waals surface area contributed by atoms with Crippen molar-refractivity contribution in [1.29, 1.82) is 0 Å². The molecular weight excluding hydrogens is 336 g/mol. The maximum Gasteiger partial charge on any atom is 0.338 e. The zero-order valence-electron chi connectivity index (χ0n) is 15.8. The third kappa shape index (κ3) is 8.76. The van der Waals surface area contributed by atoms with E-state index in [1.54, 1.807) is 30.3 Å². The summed E-state index contributed by atoms with van der Waals surface area (Å²) in [7, 11) is 0. The predicted molar refractivity (Wildman–Crippen MR) is 99.1 cm³/mol. The van der Waals surface area contributed by atoms with Gasteiger partial charge in [-0.2, -0.15) is 0 Å². The first-order valence-corrected chi connectivity index (χ1v) is 9.37. The monoisotopic (exact) mass is 368 g/mol. The highest BCUT2D eigenvalue weighted by atomic mass is 16.6. The molecule has 2 N–H and O–H groups in total. The van der Waals surface area contributed by atoms with Crippen molar-refractivity contribution in [3.05, 3.63) is 35.9 Å². The van der Waals surface area contributed by atoms with Gasteiger partial charge >= 0.3 is 5.97 Å². The summed E-state index contributed by atoms with van der Waals surface area (Å²) in [5, 5.41) is 20.7. The van der Waals surface area contributed by atoms with Gasteiger partial charge in [0.15, 0.2) is 0 Å². The van der Waals surface area contributed by atoms with Crippen molar-refractivity contribution < 1.29 is 29.2 Å². The predicted octanol–water partition coefficient (Wildman–Crippen LogP) is 2.57. The molecule has 26 heavy (non-hydrogen) atoms. The van der Waals surface area contributed by atoms with Gasteiger partial charge in [0, 0.05) is 13.2 Å². The molecule has 3 atom stereocenters. The van der Waals surface area contributed by atoms with Gasteiger partial charge < -0.3 is 24.4 Å². The lowest BCUT2D eigenvalue weighted by Crippen LogP contribution is -2.45. The number of aliphatic hydroxyl groups is 2. The Morgan fingerprint density at radius 3 is 2.23 bits per heavy atom. The van der Waals surface area contributed by atoms with Crippen molar-refractivity contribution in [1.82, 2.24) is 0 Å². The summed E-state index contributed by atoms with van der Waals surface area (Å²) in [5.74, 6) is -0.523. The highest BCUT2D eigenvalue weighted by Crippen LogP contribution is 2.11. The fraction of sp³-hybridized carbons (Fsp3) is 0.650. The van der Waals surface area contributed by atoms with Crippen LogP contribution in [0.15, 0.2) is 30.3 Å². The minimum absolute atomic E-state index is 0.0699. The molecule has 0 radical (unpaired) electrons. The molecule has 0 aliphatic rings. The largest absolute Gasteiger partial charge is 0.459 e. The summed E-state index contributed by atoms with van der Waals surface area (Å²) < 4.78 is 16.2. The molecule has 0 amide bonds. The Morgan fingerprint density at radius 2 is 1.58 bits per heavy atom. The van der Waals surface area contributed by atoms with Crippen molar-refractivity contribution in [2.24, 2.45) is 0 Å². The molecule has 1 aromatic rings. The molecule has 0 aromatic heterocycles. The molecular formula is C20H32O6. The van der Waals surface area contributed by atoms with Crippen LogP contribution in [0.25, 0.3) is 0 Å². The van der Waals surface area contributed by atoms with Crippen LogP contribution in [0, 0.1) is 0 Å². The van der Waals surface area contributed by atoms with Gasteiger partial charge in [0.2, 0.25) is 0 Å². The molecule has 6 nitrogen and oxygen atoms in total. The van der Waals surface area contributed by atoms with Crippen LogP contribution in [-0.2, 0) is 14.2 Å². The van der Waals surface area contributed by atoms with Gasteiger partial charge in [-0.3, -0.25) is 0 Å². The number of ether oxygens (including phenoxy) is 3. The molecule has 0 spiro atoms. The van der Waals surface area contributed by atoms with Gasteiger partial charge in [0.05, 0.1) is 12.2 Å². The average Bonchev–Trinajstić information content (AvgIpc) is 2.67. The van der Waals surface area contributed by atoms with Crippen LogP contribution in [0.4, 0.5) is 0 Å². The lowest BCUT2D eigenvalue weighted by molar-refractivity contribution is -0.131. The Labute approximate surface area is 156 Å². The molecule has 1 unspecified atom stereocenters. The summed E-state index contributed by atoms with van der Waals surface area (Å²) in [4.78, 5) is 12.0. The van der Waals surface area contributed by atoms with E-state index in [-0.39, 0.29) is 13.2 Å². The van der Waals surface area contributed by atoms with E-state index in [4.69, 9.17) is 14.2 Å². The van der Waals surface area contributed by atoms with Crippen LogP contribution < -0.4 is 0 Å². The fourth-order valence-corrected chi connectivity index (χ4v) is 2.30. The minimum atomic E-state index is -1.13. The molecule has 148 valence electrons. The molecule has 6 heteroatoms. The molecule has 0 aliphatic heterocycles. The van der Waals surface area contributed by atoms with Crippen molar-refractivity contribution >= 4 is 5.97 Å². The van der Waals surface area contributed by atoms with Crippen LogP contribution in [-0.4, -0.2) is 60.9 Å². The second-order valence-corrected chi connectivity index (χ2v) is 6.22. The van der Waals surface area contributed by atoms with E-state index in [0.29, 0.717) is 18.8 Å². The minimum Gasteiger partial charge on any atom is -0.459 e. The number of aliphatic hydroxyl groups excluding tert-OH is 2. The van der Waals surface area contributed by atoms with E-state index in [0.717, 1.165) is 25.7 Å². The van der Waals surface area contributed by atoms with Crippen molar-refractivity contribution in [3.63, 3.8) is 0 Å². The number of rotatable bonds is 14. The maximum atomic E-state index is 12.0. The molecule has 0 aliphatic carbocycles. The molecule has 0 heterocycles. The third-order valence-electron chi connectivity index (χ3n) is 3.89. The zero-order chi connectivity index (χ0) is 19.2. The number of carbonyl (C=O) groups is 1. The van der Waals surface area contributed by atoms with Gasteiger partial charge in [0.1, 0.15) is 24.9 Å². The summed E-state index contributed by atoms with van der Waals surface area (Å²) in [6, 6.07) is 8.56. The third-order valence-corrected chi connectivity index (χ3v) is 3.89. The number of unbranched alkanes of at least 4 members (excludes halogenated alkanes) is 2. The summed E-state index contributed by atoms with van der Waals surface area (Å²) in [6.45, 7) is 4.87. The highest BCUT2D eigenvalue weighted by Gasteiger charge is 2.29. The van der Waals surface area contributed by atoms with E-state index in [2.05, 4.69) is 6.92 Å².